The molecule has 42 heavy (non-hydrogen) atoms. The van der Waals surface area contributed by atoms with Gasteiger partial charge in [-0.15, -0.1) is 0 Å². The zero-order valence-corrected chi connectivity index (χ0v) is 23.9. The molecule has 4 aromatic rings. The number of methoxy groups -OCH3 is 2. The molecule has 0 radical (unpaired) electrons. The lowest BCUT2D eigenvalue weighted by molar-refractivity contribution is -0.141. The summed E-state index contributed by atoms with van der Waals surface area (Å²) in [4.78, 5) is 60.4. The van der Waals surface area contributed by atoms with Gasteiger partial charge in [-0.25, -0.2) is 9.59 Å². The average Bonchev–Trinajstić information content (AvgIpc) is 3.74. The summed E-state index contributed by atoms with van der Waals surface area (Å²) in [6.07, 6.45) is 5.05. The van der Waals surface area contributed by atoms with Gasteiger partial charge in [0.15, 0.2) is 0 Å². The van der Waals surface area contributed by atoms with E-state index in [1.165, 1.54) is 14.2 Å². The average molecular weight is 579 g/mol. The Bertz CT molecular complexity index is 1620. The monoisotopic (exact) mass is 578 g/mol. The van der Waals surface area contributed by atoms with Crippen LogP contribution >= 0.6 is 0 Å². The van der Waals surface area contributed by atoms with Gasteiger partial charge in [0.05, 0.1) is 25.6 Å². The van der Waals surface area contributed by atoms with E-state index in [0.29, 0.717) is 48.2 Å². The number of carbonyl (C=O) groups is 4. The topological polar surface area (TPSA) is 190 Å². The Morgan fingerprint density at radius 3 is 1.74 bits per heavy atom. The van der Waals surface area contributed by atoms with Gasteiger partial charge in [0.1, 0.15) is 11.4 Å². The van der Waals surface area contributed by atoms with Gasteiger partial charge >= 0.3 is 23.9 Å². The van der Waals surface area contributed by atoms with Crippen LogP contribution in [-0.4, -0.2) is 68.2 Å². The number of aromatic nitrogens is 4. The quantitative estimate of drug-likeness (QED) is 0.128. The fourth-order valence-corrected chi connectivity index (χ4v) is 5.41. The van der Waals surface area contributed by atoms with Gasteiger partial charge < -0.3 is 39.6 Å². The van der Waals surface area contributed by atoms with Crippen LogP contribution in [0.3, 0.4) is 0 Å². The van der Waals surface area contributed by atoms with Crippen LogP contribution in [0.5, 0.6) is 0 Å². The van der Waals surface area contributed by atoms with Crippen molar-refractivity contribution in [1.29, 1.82) is 0 Å². The number of carboxylic acid groups (broad SMARTS) is 2. The first kappa shape index (κ1) is 30.0. The number of hydrogen-bond acceptors (Lipinski definition) is 6. The molecule has 4 rings (SSSR count). The van der Waals surface area contributed by atoms with E-state index < -0.39 is 23.9 Å². The number of hydrogen-bond donors (Lipinski definition) is 6. The molecule has 0 aliphatic heterocycles. The minimum Gasteiger partial charge on any atom is -0.477 e. The fourth-order valence-electron chi connectivity index (χ4n) is 5.41. The molecule has 0 amide bonds. The second-order valence-electron chi connectivity index (χ2n) is 10.0. The predicted octanol–water partition coefficient (Wildman–Crippen LogP) is 4.07. The van der Waals surface area contributed by atoms with Crippen LogP contribution in [0.15, 0.2) is 24.5 Å². The second kappa shape index (κ2) is 12.7. The van der Waals surface area contributed by atoms with Crippen molar-refractivity contribution in [2.24, 2.45) is 0 Å². The number of rotatable bonds is 13. The number of carboxylic acids is 2. The number of aromatic carboxylic acids is 2. The Labute approximate surface area is 241 Å². The summed E-state index contributed by atoms with van der Waals surface area (Å²) < 4.78 is 9.59. The molecule has 0 fully saturated rings. The number of esters is 2. The van der Waals surface area contributed by atoms with Crippen molar-refractivity contribution < 1.29 is 38.9 Å². The smallest absolute Gasteiger partial charge is 0.352 e. The highest BCUT2D eigenvalue weighted by Crippen LogP contribution is 2.32. The maximum absolute atomic E-state index is 12.0. The Balaban J connectivity index is 1.79. The van der Waals surface area contributed by atoms with Crippen molar-refractivity contribution >= 4 is 23.9 Å². The van der Waals surface area contributed by atoms with Gasteiger partial charge in [0.25, 0.3) is 0 Å². The minimum atomic E-state index is -1.10. The molecule has 12 heteroatoms. The fraction of sp³-hybridized carbons (Fsp3) is 0.333. The summed E-state index contributed by atoms with van der Waals surface area (Å²) >= 11 is 0. The highest BCUT2D eigenvalue weighted by Gasteiger charge is 2.25. The number of aromatic amines is 4. The Hall–Kier alpha value is -5.00. The van der Waals surface area contributed by atoms with E-state index in [-0.39, 0.29) is 24.2 Å². The molecule has 12 nitrogen and oxygen atoms in total. The van der Waals surface area contributed by atoms with E-state index in [1.54, 1.807) is 20.0 Å². The summed E-state index contributed by atoms with van der Waals surface area (Å²) in [5.74, 6) is -3.00. The van der Waals surface area contributed by atoms with Crippen LogP contribution in [0.2, 0.25) is 0 Å². The van der Waals surface area contributed by atoms with Gasteiger partial charge in [-0.1, -0.05) is 0 Å². The summed E-state index contributed by atoms with van der Waals surface area (Å²) in [5.41, 5.74) is 7.30. The molecule has 0 aliphatic carbocycles. The van der Waals surface area contributed by atoms with Gasteiger partial charge in [0, 0.05) is 49.5 Å². The van der Waals surface area contributed by atoms with E-state index in [0.717, 1.165) is 33.6 Å². The molecule has 0 aromatic carbocycles. The van der Waals surface area contributed by atoms with Gasteiger partial charge in [-0.3, -0.25) is 9.59 Å². The minimum absolute atomic E-state index is 0.0552. The molecule has 0 saturated carbocycles. The van der Waals surface area contributed by atoms with Gasteiger partial charge in [-0.05, 0) is 72.2 Å². The van der Waals surface area contributed by atoms with E-state index in [4.69, 9.17) is 9.47 Å². The number of carbonyl (C=O) groups excluding carboxylic acids is 2. The predicted molar refractivity (Wildman–Crippen MR) is 152 cm³/mol. The lowest BCUT2D eigenvalue weighted by Gasteiger charge is -2.11. The first-order chi connectivity index (χ1) is 20.0. The highest BCUT2D eigenvalue weighted by atomic mass is 16.5. The molecule has 0 saturated heterocycles. The van der Waals surface area contributed by atoms with Crippen molar-refractivity contribution in [2.75, 3.05) is 14.2 Å². The zero-order chi connectivity index (χ0) is 30.6. The van der Waals surface area contributed by atoms with Crippen LogP contribution in [0.4, 0.5) is 0 Å². The standard InChI is InChI=1S/C30H34N4O8/c1-15-18(7-9-24(35)41-3)22(33-26(15)29(37)38)12-17-14-32-28(21-6-5-11-31-21)20(17)13-23-19(8-10-25(36)42-4)16(2)27(34-23)30(39)40/h5-6,11,14,31-34H,7-10,12-13H2,1-4H3,(H,37,38)(H,39,40). The van der Waals surface area contributed by atoms with Crippen LogP contribution in [0, 0.1) is 13.8 Å². The zero-order valence-electron chi connectivity index (χ0n) is 23.9. The van der Waals surface area contributed by atoms with E-state index in [9.17, 15) is 29.4 Å². The second-order valence-corrected chi connectivity index (χ2v) is 10.0. The van der Waals surface area contributed by atoms with Crippen LogP contribution in [-0.2, 0) is 44.7 Å². The van der Waals surface area contributed by atoms with Crippen LogP contribution in [0.25, 0.3) is 11.4 Å². The van der Waals surface area contributed by atoms with Crippen molar-refractivity contribution in [1.82, 2.24) is 19.9 Å². The maximum atomic E-state index is 12.0. The van der Waals surface area contributed by atoms with Gasteiger partial charge in [-0.2, -0.15) is 0 Å². The first-order valence-electron chi connectivity index (χ1n) is 13.4. The number of H-pyrrole nitrogens is 4. The van der Waals surface area contributed by atoms with Crippen molar-refractivity contribution in [3.63, 3.8) is 0 Å². The van der Waals surface area contributed by atoms with Crippen molar-refractivity contribution in [3.05, 3.63) is 80.7 Å². The summed E-state index contributed by atoms with van der Waals surface area (Å²) in [6.45, 7) is 3.42. The molecule has 4 heterocycles. The third-order valence-electron chi connectivity index (χ3n) is 7.65. The Morgan fingerprint density at radius 2 is 1.29 bits per heavy atom. The highest BCUT2D eigenvalue weighted by molar-refractivity contribution is 5.89. The van der Waals surface area contributed by atoms with Crippen LogP contribution in [0.1, 0.15) is 78.6 Å². The maximum Gasteiger partial charge on any atom is 0.352 e. The third kappa shape index (κ3) is 6.17. The normalized spacial score (nSPS) is 11.0. The summed E-state index contributed by atoms with van der Waals surface area (Å²) in [5, 5.41) is 19.6. The molecule has 222 valence electrons. The van der Waals surface area contributed by atoms with E-state index >= 15 is 0 Å². The number of nitrogens with one attached hydrogen (secondary N) is 4. The number of ether oxygens (including phenoxy) is 2. The summed E-state index contributed by atoms with van der Waals surface area (Å²) in [6, 6.07) is 3.77. The third-order valence-corrected chi connectivity index (χ3v) is 7.65. The molecule has 0 bridgehead atoms. The lowest BCUT2D eigenvalue weighted by Crippen LogP contribution is -2.06. The molecular formula is C30H34N4O8. The van der Waals surface area contributed by atoms with Crippen LogP contribution < -0.4 is 0 Å². The molecular weight excluding hydrogens is 544 g/mol. The van der Waals surface area contributed by atoms with Crippen molar-refractivity contribution in [3.8, 4) is 11.4 Å². The van der Waals surface area contributed by atoms with Crippen molar-refractivity contribution in [2.45, 2.75) is 52.4 Å². The van der Waals surface area contributed by atoms with Gasteiger partial charge in [0.2, 0.25) is 0 Å². The molecule has 0 spiro atoms. The van der Waals surface area contributed by atoms with E-state index in [1.807, 2.05) is 18.3 Å². The lowest BCUT2D eigenvalue weighted by atomic mass is 9.95. The van der Waals surface area contributed by atoms with E-state index in [2.05, 4.69) is 19.9 Å². The molecule has 0 aliphatic rings. The first-order valence-corrected chi connectivity index (χ1v) is 13.4. The molecule has 0 unspecified atom stereocenters. The largest absolute Gasteiger partial charge is 0.477 e. The summed E-state index contributed by atoms with van der Waals surface area (Å²) in [7, 11) is 2.61. The molecule has 6 N–H and O–H groups in total. The molecule has 0 atom stereocenters. The SMILES string of the molecule is COC(=O)CCc1c(Cc2c[nH]c(-c3ccc[nH]3)c2Cc2[nH]c(C(=O)O)c(C)c2CCC(=O)OC)[nH]c(C(=O)O)c1C. The Morgan fingerprint density at radius 1 is 0.762 bits per heavy atom. The molecule has 4 aromatic heterocycles. The Kier molecular flexibility index (Phi) is 9.04.